The number of anilines is 1. The summed E-state index contributed by atoms with van der Waals surface area (Å²) in [5, 5.41) is 0.578. The number of amides is 1. The first-order valence-corrected chi connectivity index (χ1v) is 8.34. The molecule has 2 aromatic carbocycles. The fourth-order valence-electron chi connectivity index (χ4n) is 2.88. The predicted molar refractivity (Wildman–Crippen MR) is 91.6 cm³/mol. The highest BCUT2D eigenvalue weighted by molar-refractivity contribution is 9.09. The normalized spacial score (nSPS) is 12.6. The van der Waals surface area contributed by atoms with Crippen LogP contribution in [0.3, 0.4) is 0 Å². The predicted octanol–water partition coefficient (Wildman–Crippen LogP) is 3.21. The highest BCUT2D eigenvalue weighted by atomic mass is 79.9. The number of fused-ring (bicyclic) bond motifs is 2. The van der Waals surface area contributed by atoms with Gasteiger partial charge in [-0.2, -0.15) is 0 Å². The van der Waals surface area contributed by atoms with Crippen LogP contribution in [0.25, 0.3) is 0 Å². The molecular weight excluding hydrogens is 358 g/mol. The fraction of sp³-hybridized carbons (Fsp3) is 0.167. The van der Waals surface area contributed by atoms with Crippen LogP contribution in [0.5, 0.6) is 0 Å². The fourth-order valence-corrected chi connectivity index (χ4v) is 3.24. The van der Waals surface area contributed by atoms with E-state index >= 15 is 0 Å². The Morgan fingerprint density at radius 1 is 0.957 bits per heavy atom. The van der Waals surface area contributed by atoms with Gasteiger partial charge in [-0.15, -0.1) is 0 Å². The highest BCUT2D eigenvalue weighted by Gasteiger charge is 2.33. The van der Waals surface area contributed by atoms with E-state index in [2.05, 4.69) is 15.9 Å². The summed E-state index contributed by atoms with van der Waals surface area (Å²) in [6.45, 7) is 1.88. The molecule has 0 saturated heterocycles. The molecule has 0 bridgehead atoms. The lowest BCUT2D eigenvalue weighted by molar-refractivity contribution is -0.116. The van der Waals surface area contributed by atoms with E-state index in [1.165, 1.54) is 11.8 Å². The van der Waals surface area contributed by atoms with E-state index in [1.54, 1.807) is 42.5 Å². The number of halogens is 1. The molecule has 4 nitrogen and oxygen atoms in total. The van der Waals surface area contributed by atoms with Crippen LogP contribution in [0, 0.1) is 0 Å². The third-order valence-corrected chi connectivity index (χ3v) is 4.26. The summed E-state index contributed by atoms with van der Waals surface area (Å²) in [4.78, 5) is 39.1. The molecule has 0 heterocycles. The van der Waals surface area contributed by atoms with Crippen LogP contribution in [-0.4, -0.2) is 29.3 Å². The zero-order valence-corrected chi connectivity index (χ0v) is 14.1. The van der Waals surface area contributed by atoms with E-state index < -0.39 is 0 Å². The number of carbonyl (C=O) groups excluding carboxylic acids is 3. The number of nitrogens with zero attached hydrogens (tertiary/aromatic N) is 1. The first kappa shape index (κ1) is 15.6. The molecule has 1 aliphatic carbocycles. The summed E-state index contributed by atoms with van der Waals surface area (Å²) >= 11 is 3.32. The van der Waals surface area contributed by atoms with E-state index in [4.69, 9.17) is 0 Å². The van der Waals surface area contributed by atoms with Crippen LogP contribution < -0.4 is 4.90 Å². The molecule has 0 atom stereocenters. The van der Waals surface area contributed by atoms with Crippen molar-refractivity contribution < 1.29 is 14.4 Å². The van der Waals surface area contributed by atoms with Gasteiger partial charge < -0.3 is 4.90 Å². The largest absolute Gasteiger partial charge is 0.311 e. The summed E-state index contributed by atoms with van der Waals surface area (Å²) in [5.74, 6) is -0.567. The minimum atomic E-state index is -0.216. The van der Waals surface area contributed by atoms with Gasteiger partial charge in [0.1, 0.15) is 0 Å². The molecule has 0 radical (unpaired) electrons. The van der Waals surface area contributed by atoms with Gasteiger partial charge in [-0.05, 0) is 6.07 Å². The van der Waals surface area contributed by atoms with E-state index in [0.717, 1.165) is 0 Å². The molecule has 0 spiro atoms. The van der Waals surface area contributed by atoms with Crippen LogP contribution in [0.4, 0.5) is 5.69 Å². The van der Waals surface area contributed by atoms with Gasteiger partial charge in [0.25, 0.3) is 0 Å². The SMILES string of the molecule is CC(=O)N(CCBr)c1cccc2c1C(=O)c1ccccc1C2=O. The summed E-state index contributed by atoms with van der Waals surface area (Å²) in [7, 11) is 0. The van der Waals surface area contributed by atoms with Crippen molar-refractivity contribution in [3.63, 3.8) is 0 Å². The molecule has 0 saturated carbocycles. The van der Waals surface area contributed by atoms with Gasteiger partial charge in [0, 0.05) is 35.5 Å². The zero-order valence-electron chi connectivity index (χ0n) is 12.5. The molecule has 0 fully saturated rings. The number of alkyl halides is 1. The third-order valence-electron chi connectivity index (χ3n) is 3.91. The maximum absolute atomic E-state index is 12.9. The number of rotatable bonds is 3. The molecule has 1 amide bonds. The Balaban J connectivity index is 2.23. The standard InChI is InChI=1S/C18H14BrNO3/c1-11(21)20(10-9-19)15-8-4-7-14-16(15)18(23)13-6-3-2-5-12(13)17(14)22/h2-8H,9-10H2,1H3. The molecule has 3 rings (SSSR count). The van der Waals surface area contributed by atoms with Crippen LogP contribution in [0.2, 0.25) is 0 Å². The Morgan fingerprint density at radius 3 is 2.17 bits per heavy atom. The number of hydrogen-bond acceptors (Lipinski definition) is 3. The summed E-state index contributed by atoms with van der Waals surface area (Å²) in [5.41, 5.74) is 1.96. The maximum Gasteiger partial charge on any atom is 0.223 e. The lowest BCUT2D eigenvalue weighted by atomic mass is 9.83. The van der Waals surface area contributed by atoms with Gasteiger partial charge in [0.05, 0.1) is 11.3 Å². The molecule has 0 unspecified atom stereocenters. The van der Waals surface area contributed by atoms with Gasteiger partial charge in [0.2, 0.25) is 5.91 Å². The molecule has 2 aromatic rings. The van der Waals surface area contributed by atoms with Gasteiger partial charge in [0.15, 0.2) is 11.6 Å². The minimum Gasteiger partial charge on any atom is -0.311 e. The van der Waals surface area contributed by atoms with Crippen molar-refractivity contribution in [1.29, 1.82) is 0 Å². The minimum absolute atomic E-state index is 0.169. The van der Waals surface area contributed by atoms with E-state index in [-0.39, 0.29) is 17.5 Å². The van der Waals surface area contributed by atoms with Gasteiger partial charge >= 0.3 is 0 Å². The smallest absolute Gasteiger partial charge is 0.223 e. The molecule has 0 N–H and O–H groups in total. The van der Waals surface area contributed by atoms with Crippen LogP contribution >= 0.6 is 15.9 Å². The first-order valence-electron chi connectivity index (χ1n) is 7.21. The Hall–Kier alpha value is -2.27. The van der Waals surface area contributed by atoms with E-state index in [0.29, 0.717) is 39.8 Å². The van der Waals surface area contributed by atoms with Crippen molar-refractivity contribution in [2.45, 2.75) is 6.92 Å². The van der Waals surface area contributed by atoms with Crippen LogP contribution in [0.1, 0.15) is 38.8 Å². The molecule has 1 aliphatic rings. The van der Waals surface area contributed by atoms with E-state index in [1.807, 2.05) is 0 Å². The monoisotopic (exact) mass is 371 g/mol. The Labute approximate surface area is 142 Å². The Morgan fingerprint density at radius 2 is 1.57 bits per heavy atom. The second-order valence-corrected chi connectivity index (χ2v) is 6.06. The summed E-state index contributed by atoms with van der Waals surface area (Å²) in [6, 6.07) is 11.8. The average molecular weight is 372 g/mol. The number of ketones is 2. The molecule has 0 aliphatic heterocycles. The Bertz CT molecular complexity index is 829. The second-order valence-electron chi connectivity index (χ2n) is 5.26. The van der Waals surface area contributed by atoms with Crippen molar-refractivity contribution in [2.75, 3.05) is 16.8 Å². The van der Waals surface area contributed by atoms with Gasteiger partial charge in [-0.1, -0.05) is 52.3 Å². The molecule has 116 valence electrons. The number of hydrogen-bond donors (Lipinski definition) is 0. The topological polar surface area (TPSA) is 54.5 Å². The van der Waals surface area contributed by atoms with Crippen LogP contribution in [-0.2, 0) is 4.79 Å². The summed E-state index contributed by atoms with van der Waals surface area (Å²) < 4.78 is 0. The molecular formula is C18H14BrNO3. The van der Waals surface area contributed by atoms with Gasteiger partial charge in [-0.3, -0.25) is 14.4 Å². The number of carbonyl (C=O) groups is 3. The Kier molecular flexibility index (Phi) is 4.13. The lowest BCUT2D eigenvalue weighted by Crippen LogP contribution is -2.33. The molecule has 0 aromatic heterocycles. The lowest BCUT2D eigenvalue weighted by Gasteiger charge is -2.26. The first-order chi connectivity index (χ1) is 11.1. The van der Waals surface area contributed by atoms with Crippen molar-refractivity contribution in [3.05, 3.63) is 64.7 Å². The second kappa shape index (κ2) is 6.08. The quantitative estimate of drug-likeness (QED) is 0.664. The van der Waals surface area contributed by atoms with Crippen molar-refractivity contribution >= 4 is 39.1 Å². The van der Waals surface area contributed by atoms with Crippen molar-refractivity contribution in [1.82, 2.24) is 0 Å². The average Bonchev–Trinajstić information content (AvgIpc) is 2.56. The molecule has 5 heteroatoms. The molecule has 23 heavy (non-hydrogen) atoms. The van der Waals surface area contributed by atoms with Gasteiger partial charge in [-0.25, -0.2) is 0 Å². The number of benzene rings is 2. The van der Waals surface area contributed by atoms with Crippen molar-refractivity contribution in [2.24, 2.45) is 0 Å². The highest BCUT2D eigenvalue weighted by Crippen LogP contribution is 2.33. The van der Waals surface area contributed by atoms with Crippen molar-refractivity contribution in [3.8, 4) is 0 Å². The third kappa shape index (κ3) is 2.51. The summed E-state index contributed by atoms with van der Waals surface area (Å²) in [6.07, 6.45) is 0. The van der Waals surface area contributed by atoms with E-state index in [9.17, 15) is 14.4 Å². The zero-order chi connectivity index (χ0) is 16.6. The van der Waals surface area contributed by atoms with Crippen LogP contribution in [0.15, 0.2) is 42.5 Å². The maximum atomic E-state index is 12.9.